The molecule has 1 fully saturated rings. The van der Waals surface area contributed by atoms with E-state index in [9.17, 15) is 4.79 Å². The summed E-state index contributed by atoms with van der Waals surface area (Å²) in [5.41, 5.74) is 1.81. The summed E-state index contributed by atoms with van der Waals surface area (Å²) in [7, 11) is 0. The number of rotatable bonds is 8. The van der Waals surface area contributed by atoms with Crippen molar-refractivity contribution >= 4 is 40.5 Å². The lowest BCUT2D eigenvalue weighted by Crippen LogP contribution is -2.35. The van der Waals surface area contributed by atoms with Gasteiger partial charge in [0.1, 0.15) is 6.61 Å². The van der Waals surface area contributed by atoms with Crippen LogP contribution in [-0.4, -0.2) is 34.7 Å². The van der Waals surface area contributed by atoms with Gasteiger partial charge in [0.25, 0.3) is 5.91 Å². The van der Waals surface area contributed by atoms with Gasteiger partial charge in [-0.15, -0.1) is 0 Å². The highest BCUT2D eigenvalue weighted by molar-refractivity contribution is 8.18. The molecule has 1 heterocycles. The minimum Gasteiger partial charge on any atom is -0.490 e. The summed E-state index contributed by atoms with van der Waals surface area (Å²) in [5, 5.41) is 1.16. The zero-order chi connectivity index (χ0) is 23.3. The Morgan fingerprint density at radius 1 is 1.12 bits per heavy atom. The first-order valence-corrected chi connectivity index (χ1v) is 11.9. The maximum Gasteiger partial charge on any atom is 0.266 e. The number of ether oxygens (including phenoxy) is 2. The van der Waals surface area contributed by atoms with Crippen LogP contribution < -0.4 is 9.47 Å². The van der Waals surface area contributed by atoms with Crippen LogP contribution in [0.3, 0.4) is 0 Å². The molecule has 0 saturated carbocycles. The van der Waals surface area contributed by atoms with Crippen LogP contribution >= 0.6 is 23.4 Å². The number of amidine groups is 1. The quantitative estimate of drug-likeness (QED) is 0.417. The standard InChI is InChI=1S/C25H29ClN2O3S/c1-6-30-21-13-19(12-20(26)23(21)31-15-18-10-8-7-9-11-18)14-22-24(29)28(17(4)5)25(32-22)27-16(2)3/h7-14,16-17H,6,15H2,1-5H3/b22-14+,27-25?. The minimum atomic E-state index is -0.0529. The van der Waals surface area contributed by atoms with Gasteiger partial charge in [-0.3, -0.25) is 14.7 Å². The van der Waals surface area contributed by atoms with Gasteiger partial charge in [-0.25, -0.2) is 0 Å². The van der Waals surface area contributed by atoms with Crippen molar-refractivity contribution in [3.05, 3.63) is 63.5 Å². The number of halogens is 1. The van der Waals surface area contributed by atoms with Crippen LogP contribution in [0.25, 0.3) is 6.08 Å². The predicted octanol–water partition coefficient (Wildman–Crippen LogP) is 6.41. The van der Waals surface area contributed by atoms with Gasteiger partial charge in [0.05, 0.1) is 16.5 Å². The highest BCUT2D eigenvalue weighted by Gasteiger charge is 2.35. The summed E-state index contributed by atoms with van der Waals surface area (Å²) in [5.74, 6) is 0.994. The fourth-order valence-corrected chi connectivity index (χ4v) is 4.71. The van der Waals surface area contributed by atoms with Crippen molar-refractivity contribution in [1.29, 1.82) is 0 Å². The van der Waals surface area contributed by atoms with Crippen LogP contribution in [0.4, 0.5) is 0 Å². The molecule has 0 bridgehead atoms. The molecule has 32 heavy (non-hydrogen) atoms. The molecule has 5 nitrogen and oxygen atoms in total. The van der Waals surface area contributed by atoms with Crippen molar-refractivity contribution in [3.8, 4) is 11.5 Å². The van der Waals surface area contributed by atoms with Crippen molar-refractivity contribution in [2.45, 2.75) is 53.3 Å². The molecular weight excluding hydrogens is 444 g/mol. The molecule has 2 aromatic carbocycles. The third kappa shape index (κ3) is 5.87. The SMILES string of the molecule is CCOc1cc(/C=C2/SC(=NC(C)C)N(C(C)C)C2=O)cc(Cl)c1OCc1ccccc1. The molecule has 0 atom stereocenters. The Bertz CT molecular complexity index is 1020. The Hall–Kier alpha value is -2.44. The molecule has 7 heteroatoms. The van der Waals surface area contributed by atoms with Crippen molar-refractivity contribution in [3.63, 3.8) is 0 Å². The fraction of sp³-hybridized carbons (Fsp3) is 0.360. The van der Waals surface area contributed by atoms with Gasteiger partial charge in [0, 0.05) is 12.1 Å². The second-order valence-electron chi connectivity index (χ2n) is 7.92. The molecule has 1 saturated heterocycles. The third-order valence-electron chi connectivity index (χ3n) is 4.58. The van der Waals surface area contributed by atoms with E-state index in [4.69, 9.17) is 21.1 Å². The second kappa shape index (κ2) is 10.9. The lowest BCUT2D eigenvalue weighted by Gasteiger charge is -2.20. The third-order valence-corrected chi connectivity index (χ3v) is 5.86. The van der Waals surface area contributed by atoms with Crippen LogP contribution in [-0.2, 0) is 11.4 Å². The molecule has 1 amide bonds. The topological polar surface area (TPSA) is 51.1 Å². The largest absolute Gasteiger partial charge is 0.490 e. The maximum atomic E-state index is 13.0. The monoisotopic (exact) mass is 472 g/mol. The van der Waals surface area contributed by atoms with Crippen molar-refractivity contribution < 1.29 is 14.3 Å². The molecule has 1 aliphatic heterocycles. The molecular formula is C25H29ClN2O3S. The summed E-state index contributed by atoms with van der Waals surface area (Å²) in [4.78, 5) is 20.0. The van der Waals surface area contributed by atoms with Gasteiger partial charge < -0.3 is 9.47 Å². The number of hydrogen-bond acceptors (Lipinski definition) is 5. The van der Waals surface area contributed by atoms with Gasteiger partial charge in [0.15, 0.2) is 16.7 Å². The van der Waals surface area contributed by atoms with Crippen LogP contribution in [0.5, 0.6) is 11.5 Å². The van der Waals surface area contributed by atoms with Crippen molar-refractivity contribution in [2.24, 2.45) is 4.99 Å². The Morgan fingerprint density at radius 3 is 2.47 bits per heavy atom. The van der Waals surface area contributed by atoms with E-state index in [0.717, 1.165) is 16.3 Å². The molecule has 1 aliphatic rings. The van der Waals surface area contributed by atoms with Gasteiger partial charge in [0.2, 0.25) is 0 Å². The van der Waals surface area contributed by atoms with Crippen LogP contribution in [0.2, 0.25) is 5.02 Å². The van der Waals surface area contributed by atoms with Gasteiger partial charge in [-0.2, -0.15) is 0 Å². The molecule has 3 rings (SSSR count). The Kier molecular flexibility index (Phi) is 8.26. The molecule has 170 valence electrons. The molecule has 0 spiro atoms. The van der Waals surface area contributed by atoms with Crippen molar-refractivity contribution in [1.82, 2.24) is 4.90 Å². The number of carbonyl (C=O) groups is 1. The Balaban J connectivity index is 1.91. The van der Waals surface area contributed by atoms with E-state index in [1.54, 1.807) is 11.0 Å². The Morgan fingerprint density at radius 2 is 1.84 bits per heavy atom. The first kappa shape index (κ1) is 24.2. The van der Waals surface area contributed by atoms with Gasteiger partial charge >= 0.3 is 0 Å². The summed E-state index contributed by atoms with van der Waals surface area (Å²) >= 11 is 7.96. The summed E-state index contributed by atoms with van der Waals surface area (Å²) in [6, 6.07) is 13.7. The molecule has 2 aromatic rings. The zero-order valence-electron chi connectivity index (χ0n) is 19.1. The Labute approximate surface area is 199 Å². The highest BCUT2D eigenvalue weighted by atomic mass is 35.5. The maximum absolute atomic E-state index is 13.0. The minimum absolute atomic E-state index is 0.0229. The van der Waals surface area contributed by atoms with E-state index < -0.39 is 0 Å². The number of nitrogens with zero attached hydrogens (tertiary/aromatic N) is 2. The normalized spacial score (nSPS) is 16.6. The number of thioether (sulfide) groups is 1. The first-order chi connectivity index (χ1) is 15.3. The number of carbonyl (C=O) groups excluding carboxylic acids is 1. The number of aliphatic imine (C=N–C) groups is 1. The fourth-order valence-electron chi connectivity index (χ4n) is 3.21. The lowest BCUT2D eigenvalue weighted by molar-refractivity contribution is -0.123. The van der Waals surface area contributed by atoms with Gasteiger partial charge in [-0.05, 0) is 75.7 Å². The summed E-state index contributed by atoms with van der Waals surface area (Å²) in [6.45, 7) is 10.7. The van der Waals surface area contributed by atoms with Gasteiger partial charge in [-0.1, -0.05) is 41.9 Å². The molecule has 0 aromatic heterocycles. The summed E-state index contributed by atoms with van der Waals surface area (Å²) < 4.78 is 11.8. The van der Waals surface area contributed by atoms with E-state index >= 15 is 0 Å². The molecule has 0 N–H and O–H groups in total. The van der Waals surface area contributed by atoms with E-state index in [0.29, 0.717) is 34.6 Å². The van der Waals surface area contributed by atoms with Crippen LogP contribution in [0.1, 0.15) is 45.7 Å². The summed E-state index contributed by atoms with van der Waals surface area (Å²) in [6.07, 6.45) is 1.83. The first-order valence-electron chi connectivity index (χ1n) is 10.7. The number of hydrogen-bond donors (Lipinski definition) is 0. The second-order valence-corrected chi connectivity index (χ2v) is 9.34. The highest BCUT2D eigenvalue weighted by Crippen LogP contribution is 2.40. The lowest BCUT2D eigenvalue weighted by atomic mass is 10.1. The number of amides is 1. The predicted molar refractivity (Wildman–Crippen MR) is 134 cm³/mol. The molecule has 0 unspecified atom stereocenters. The van der Waals surface area contributed by atoms with Crippen LogP contribution in [0, 0.1) is 0 Å². The average molecular weight is 473 g/mol. The smallest absolute Gasteiger partial charge is 0.266 e. The van der Waals surface area contributed by atoms with E-state index in [1.807, 2.05) is 77.1 Å². The molecule has 0 aliphatic carbocycles. The van der Waals surface area contributed by atoms with E-state index in [1.165, 1.54) is 11.8 Å². The molecule has 0 radical (unpaired) electrons. The number of benzene rings is 2. The van der Waals surface area contributed by atoms with E-state index in [-0.39, 0.29) is 18.0 Å². The average Bonchev–Trinajstić information content (AvgIpc) is 3.02. The van der Waals surface area contributed by atoms with E-state index in [2.05, 4.69) is 4.99 Å². The van der Waals surface area contributed by atoms with Crippen molar-refractivity contribution in [2.75, 3.05) is 6.61 Å². The van der Waals surface area contributed by atoms with Crippen LogP contribution in [0.15, 0.2) is 52.4 Å². The zero-order valence-corrected chi connectivity index (χ0v) is 20.7.